The predicted molar refractivity (Wildman–Crippen MR) is 108 cm³/mol. The molecular weight excluding hydrogens is 370 g/mol. The zero-order chi connectivity index (χ0) is 21.1. The molecule has 0 bridgehead atoms. The summed E-state index contributed by atoms with van der Waals surface area (Å²) < 4.78 is 5.30. The molecular formula is C21H25N5O3. The molecule has 1 aliphatic rings. The Labute approximate surface area is 170 Å². The number of H-pyrrole nitrogens is 1. The second kappa shape index (κ2) is 8.35. The highest BCUT2D eigenvalue weighted by molar-refractivity contribution is 6.00. The summed E-state index contributed by atoms with van der Waals surface area (Å²) in [6, 6.07) is 5.63. The van der Waals surface area contributed by atoms with Crippen LogP contribution in [0, 0.1) is 25.2 Å². The SMILES string of the molecule is Cc1[nH]c(C(=O)N2CCN(c3ncccc3C#N)CC2)c(C)c1C(=O)OC(C)C. The van der Waals surface area contributed by atoms with E-state index in [1.807, 2.05) is 4.90 Å². The van der Waals surface area contributed by atoms with Gasteiger partial charge in [-0.2, -0.15) is 5.26 Å². The van der Waals surface area contributed by atoms with Crippen molar-refractivity contribution < 1.29 is 14.3 Å². The highest BCUT2D eigenvalue weighted by atomic mass is 16.5. The molecule has 29 heavy (non-hydrogen) atoms. The van der Waals surface area contributed by atoms with Crippen LogP contribution < -0.4 is 4.90 Å². The van der Waals surface area contributed by atoms with Gasteiger partial charge in [0.05, 0.1) is 17.2 Å². The van der Waals surface area contributed by atoms with Crippen LogP contribution in [0.2, 0.25) is 0 Å². The van der Waals surface area contributed by atoms with Crippen molar-refractivity contribution in [2.24, 2.45) is 0 Å². The number of aryl methyl sites for hydroxylation is 1. The summed E-state index contributed by atoms with van der Waals surface area (Å²) in [6.45, 7) is 9.28. The summed E-state index contributed by atoms with van der Waals surface area (Å²) in [6.07, 6.45) is 1.43. The van der Waals surface area contributed by atoms with Gasteiger partial charge in [0.2, 0.25) is 0 Å². The van der Waals surface area contributed by atoms with E-state index in [1.54, 1.807) is 50.9 Å². The molecule has 1 fully saturated rings. The summed E-state index contributed by atoms with van der Waals surface area (Å²) in [5.74, 6) is 0.0809. The molecule has 0 spiro atoms. The van der Waals surface area contributed by atoms with Gasteiger partial charge in [-0.05, 0) is 45.4 Å². The number of rotatable bonds is 4. The minimum absolute atomic E-state index is 0.143. The third-order valence-corrected chi connectivity index (χ3v) is 4.97. The van der Waals surface area contributed by atoms with E-state index in [-0.39, 0.29) is 12.0 Å². The van der Waals surface area contributed by atoms with Gasteiger partial charge in [-0.1, -0.05) is 0 Å². The van der Waals surface area contributed by atoms with E-state index in [2.05, 4.69) is 16.0 Å². The number of hydrogen-bond acceptors (Lipinski definition) is 6. The van der Waals surface area contributed by atoms with Gasteiger partial charge in [0.15, 0.2) is 0 Å². The van der Waals surface area contributed by atoms with Crippen LogP contribution in [-0.4, -0.2) is 59.0 Å². The van der Waals surface area contributed by atoms with Crippen molar-refractivity contribution in [1.82, 2.24) is 14.9 Å². The van der Waals surface area contributed by atoms with Crippen LogP contribution >= 0.6 is 0 Å². The summed E-state index contributed by atoms with van der Waals surface area (Å²) in [7, 11) is 0. The zero-order valence-electron chi connectivity index (χ0n) is 17.2. The zero-order valence-corrected chi connectivity index (χ0v) is 17.2. The molecule has 0 aromatic carbocycles. The quantitative estimate of drug-likeness (QED) is 0.798. The average Bonchev–Trinajstić information content (AvgIpc) is 3.01. The number of carbonyl (C=O) groups is 2. The van der Waals surface area contributed by atoms with Crippen LogP contribution in [0.5, 0.6) is 0 Å². The normalized spacial score (nSPS) is 14.1. The number of hydrogen-bond donors (Lipinski definition) is 1. The van der Waals surface area contributed by atoms with Crippen molar-refractivity contribution in [2.45, 2.75) is 33.8 Å². The maximum atomic E-state index is 13.1. The monoisotopic (exact) mass is 395 g/mol. The number of nitrogens with one attached hydrogen (secondary N) is 1. The lowest BCUT2D eigenvalue weighted by atomic mass is 10.1. The molecule has 8 heteroatoms. The molecule has 1 aliphatic heterocycles. The number of ether oxygens (including phenoxy) is 1. The van der Waals surface area contributed by atoms with Gasteiger partial charge in [0.1, 0.15) is 17.6 Å². The number of amides is 1. The second-order valence-corrected chi connectivity index (χ2v) is 7.34. The minimum atomic E-state index is -0.422. The number of aromatic amines is 1. The first-order valence-electron chi connectivity index (χ1n) is 9.63. The van der Waals surface area contributed by atoms with Crippen molar-refractivity contribution in [3.63, 3.8) is 0 Å². The smallest absolute Gasteiger partial charge is 0.340 e. The lowest BCUT2D eigenvalue weighted by Crippen LogP contribution is -2.49. The molecule has 3 heterocycles. The Kier molecular flexibility index (Phi) is 5.87. The number of anilines is 1. The Bertz CT molecular complexity index is 965. The number of nitriles is 1. The Hall–Kier alpha value is -3.34. The predicted octanol–water partition coefficient (Wildman–Crippen LogP) is 2.43. The summed E-state index contributed by atoms with van der Waals surface area (Å²) in [4.78, 5) is 36.6. The van der Waals surface area contributed by atoms with E-state index in [0.29, 0.717) is 60.1 Å². The van der Waals surface area contributed by atoms with Crippen LogP contribution in [0.1, 0.15) is 51.5 Å². The standard InChI is InChI=1S/C21H25N5O3/c1-13(2)29-21(28)17-14(3)18(24-15(17)4)20(27)26-10-8-25(9-11-26)19-16(12-22)6-5-7-23-19/h5-7,13,24H,8-11H2,1-4H3. The average molecular weight is 395 g/mol. The fourth-order valence-corrected chi connectivity index (χ4v) is 3.56. The van der Waals surface area contributed by atoms with Gasteiger partial charge in [-0.15, -0.1) is 0 Å². The van der Waals surface area contributed by atoms with Crippen LogP contribution in [0.25, 0.3) is 0 Å². The van der Waals surface area contributed by atoms with E-state index in [4.69, 9.17) is 4.74 Å². The summed E-state index contributed by atoms with van der Waals surface area (Å²) in [5, 5.41) is 9.27. The lowest BCUT2D eigenvalue weighted by Gasteiger charge is -2.35. The van der Waals surface area contributed by atoms with Gasteiger partial charge < -0.3 is 19.5 Å². The maximum Gasteiger partial charge on any atom is 0.340 e. The maximum absolute atomic E-state index is 13.1. The molecule has 1 amide bonds. The largest absolute Gasteiger partial charge is 0.459 e. The van der Waals surface area contributed by atoms with E-state index >= 15 is 0 Å². The summed E-state index contributed by atoms with van der Waals surface area (Å²) in [5.41, 5.74) is 2.60. The topological polar surface area (TPSA) is 102 Å². The van der Waals surface area contributed by atoms with Gasteiger partial charge in [0.25, 0.3) is 5.91 Å². The third kappa shape index (κ3) is 4.09. The number of pyridine rings is 1. The summed E-state index contributed by atoms with van der Waals surface area (Å²) >= 11 is 0. The molecule has 0 saturated carbocycles. The van der Waals surface area contributed by atoms with E-state index in [9.17, 15) is 14.9 Å². The van der Waals surface area contributed by atoms with Crippen LogP contribution in [-0.2, 0) is 4.74 Å². The first kappa shape index (κ1) is 20.4. The molecule has 152 valence electrons. The Morgan fingerprint density at radius 2 is 1.93 bits per heavy atom. The molecule has 2 aromatic rings. The third-order valence-electron chi connectivity index (χ3n) is 4.97. The van der Waals surface area contributed by atoms with Crippen molar-refractivity contribution in [3.05, 3.63) is 46.4 Å². The van der Waals surface area contributed by atoms with Gasteiger partial charge in [-0.25, -0.2) is 9.78 Å². The van der Waals surface area contributed by atoms with E-state index < -0.39 is 5.97 Å². The molecule has 3 rings (SSSR count). The molecule has 0 aliphatic carbocycles. The molecule has 1 N–H and O–H groups in total. The highest BCUT2D eigenvalue weighted by Crippen LogP contribution is 2.23. The molecule has 0 unspecified atom stereocenters. The first-order valence-corrected chi connectivity index (χ1v) is 9.63. The van der Waals surface area contributed by atoms with Crippen LogP contribution in [0.3, 0.4) is 0 Å². The lowest BCUT2D eigenvalue weighted by molar-refractivity contribution is 0.0376. The first-order chi connectivity index (χ1) is 13.8. The number of piperazine rings is 1. The molecule has 8 nitrogen and oxygen atoms in total. The molecule has 2 aromatic heterocycles. The van der Waals surface area contributed by atoms with E-state index in [0.717, 1.165) is 0 Å². The molecule has 0 radical (unpaired) electrons. The van der Waals surface area contributed by atoms with Crippen molar-refractivity contribution >= 4 is 17.7 Å². The van der Waals surface area contributed by atoms with Gasteiger partial charge >= 0.3 is 5.97 Å². The number of esters is 1. The molecule has 0 atom stereocenters. The van der Waals surface area contributed by atoms with Crippen molar-refractivity contribution in [1.29, 1.82) is 5.26 Å². The van der Waals surface area contributed by atoms with Gasteiger partial charge in [0, 0.05) is 38.1 Å². The number of carbonyl (C=O) groups excluding carboxylic acids is 2. The fraction of sp³-hybridized carbons (Fsp3) is 0.429. The molecule has 1 saturated heterocycles. The Morgan fingerprint density at radius 1 is 1.24 bits per heavy atom. The Morgan fingerprint density at radius 3 is 2.55 bits per heavy atom. The van der Waals surface area contributed by atoms with E-state index in [1.165, 1.54) is 0 Å². The number of nitrogens with zero attached hydrogens (tertiary/aromatic N) is 4. The Balaban J connectivity index is 1.73. The van der Waals surface area contributed by atoms with Crippen LogP contribution in [0.4, 0.5) is 5.82 Å². The van der Waals surface area contributed by atoms with Crippen molar-refractivity contribution in [3.8, 4) is 6.07 Å². The number of aromatic nitrogens is 2. The van der Waals surface area contributed by atoms with Crippen LogP contribution in [0.15, 0.2) is 18.3 Å². The highest BCUT2D eigenvalue weighted by Gasteiger charge is 2.29. The van der Waals surface area contributed by atoms with Crippen molar-refractivity contribution in [2.75, 3.05) is 31.1 Å². The fourth-order valence-electron chi connectivity index (χ4n) is 3.56. The second-order valence-electron chi connectivity index (χ2n) is 7.34. The minimum Gasteiger partial charge on any atom is -0.459 e. The van der Waals surface area contributed by atoms with Gasteiger partial charge in [-0.3, -0.25) is 4.79 Å².